The number of carbonyl (C=O) groups excluding carboxylic acids is 1. The van der Waals surface area contributed by atoms with Crippen LogP contribution in [0.15, 0.2) is 34.9 Å². The second kappa shape index (κ2) is 5.99. The van der Waals surface area contributed by atoms with Gasteiger partial charge in [0.2, 0.25) is 0 Å². The number of nitrogens with one attached hydrogen (secondary N) is 2. The van der Waals surface area contributed by atoms with Crippen LogP contribution in [0, 0.1) is 6.92 Å². The lowest BCUT2D eigenvalue weighted by Crippen LogP contribution is -2.41. The van der Waals surface area contributed by atoms with E-state index in [1.54, 1.807) is 13.0 Å². The predicted octanol–water partition coefficient (Wildman–Crippen LogP) is 3.62. The monoisotopic (exact) mass is 325 g/mol. The van der Waals surface area contributed by atoms with Crippen molar-refractivity contribution in [1.29, 1.82) is 0 Å². The molecule has 1 unspecified atom stereocenters. The molecule has 7 nitrogen and oxygen atoms in total. The summed E-state index contributed by atoms with van der Waals surface area (Å²) in [6.07, 6.45) is 2.96. The Morgan fingerprint density at radius 1 is 1.38 bits per heavy atom. The molecule has 1 aromatic carbocycles. The number of imidazole rings is 1. The summed E-state index contributed by atoms with van der Waals surface area (Å²) in [6, 6.07) is 9.39. The molecule has 1 atom stereocenters. The Hall–Kier alpha value is -2.83. The molecule has 1 fully saturated rings. The number of para-hydroxylation sites is 2. The molecule has 1 aliphatic rings. The number of rotatable bonds is 2. The van der Waals surface area contributed by atoms with Crippen LogP contribution in [0.1, 0.15) is 36.9 Å². The van der Waals surface area contributed by atoms with Crippen LogP contribution in [0.3, 0.4) is 0 Å². The van der Waals surface area contributed by atoms with E-state index in [1.807, 2.05) is 29.2 Å². The van der Waals surface area contributed by atoms with E-state index in [4.69, 9.17) is 4.52 Å². The van der Waals surface area contributed by atoms with Crippen molar-refractivity contribution in [3.8, 4) is 0 Å². The van der Waals surface area contributed by atoms with Gasteiger partial charge in [0.15, 0.2) is 5.82 Å². The first-order valence-corrected chi connectivity index (χ1v) is 8.16. The zero-order valence-corrected chi connectivity index (χ0v) is 13.5. The smallest absolute Gasteiger partial charge is 0.323 e. The highest BCUT2D eigenvalue weighted by molar-refractivity contribution is 5.88. The first kappa shape index (κ1) is 14.7. The summed E-state index contributed by atoms with van der Waals surface area (Å²) in [6.45, 7) is 2.49. The topological polar surface area (TPSA) is 87.0 Å². The zero-order valence-electron chi connectivity index (χ0n) is 13.5. The number of hydrogen-bond donors (Lipinski definition) is 2. The molecule has 24 heavy (non-hydrogen) atoms. The summed E-state index contributed by atoms with van der Waals surface area (Å²) in [4.78, 5) is 22.5. The number of carbonyl (C=O) groups is 1. The van der Waals surface area contributed by atoms with Gasteiger partial charge in [-0.05, 0) is 38.3 Å². The molecule has 0 aliphatic carbocycles. The number of hydrogen-bond acceptors (Lipinski definition) is 4. The average molecular weight is 325 g/mol. The fourth-order valence-electron chi connectivity index (χ4n) is 3.20. The van der Waals surface area contributed by atoms with Crippen molar-refractivity contribution >= 4 is 22.9 Å². The Morgan fingerprint density at radius 2 is 2.25 bits per heavy atom. The highest BCUT2D eigenvalue weighted by Crippen LogP contribution is 2.31. The Balaban J connectivity index is 1.59. The first-order valence-electron chi connectivity index (χ1n) is 8.16. The van der Waals surface area contributed by atoms with Crippen LogP contribution in [0.4, 0.5) is 10.6 Å². The number of aromatic amines is 1. The second-order valence-corrected chi connectivity index (χ2v) is 6.10. The maximum atomic E-state index is 12.7. The highest BCUT2D eigenvalue weighted by atomic mass is 16.5. The standard InChI is InChI=1S/C17H19N5O2/c1-11-10-15(21-24-11)20-17(23)22-9-5-4-8-14(22)16-18-12-6-2-3-7-13(12)19-16/h2-3,6-7,10,14H,4-5,8-9H2,1H3,(H,18,19)(H,20,21,23). The molecule has 7 heteroatoms. The molecular formula is C17H19N5O2. The quantitative estimate of drug-likeness (QED) is 0.753. The number of nitrogens with zero attached hydrogens (tertiary/aromatic N) is 3. The van der Waals surface area contributed by atoms with E-state index in [1.165, 1.54) is 0 Å². The molecule has 2 N–H and O–H groups in total. The Labute approximate surface area is 139 Å². The van der Waals surface area contributed by atoms with Crippen molar-refractivity contribution in [3.63, 3.8) is 0 Å². The normalized spacial score (nSPS) is 18.0. The molecule has 2 amide bonds. The minimum Gasteiger partial charge on any atom is -0.360 e. The lowest BCUT2D eigenvalue weighted by molar-refractivity contribution is 0.160. The SMILES string of the molecule is Cc1cc(NC(=O)N2CCCCC2c2nc3ccccc3[nH]2)no1. The van der Waals surface area contributed by atoms with Gasteiger partial charge in [-0.15, -0.1) is 0 Å². The molecule has 2 aromatic heterocycles. The van der Waals surface area contributed by atoms with Gasteiger partial charge < -0.3 is 14.4 Å². The van der Waals surface area contributed by atoms with E-state index >= 15 is 0 Å². The first-order chi connectivity index (χ1) is 11.7. The molecule has 0 radical (unpaired) electrons. The van der Waals surface area contributed by atoms with Crippen molar-refractivity contribution in [2.24, 2.45) is 0 Å². The van der Waals surface area contributed by atoms with E-state index in [0.29, 0.717) is 18.1 Å². The van der Waals surface area contributed by atoms with Crippen LogP contribution in [0.5, 0.6) is 0 Å². The van der Waals surface area contributed by atoms with Crippen molar-refractivity contribution in [1.82, 2.24) is 20.0 Å². The molecule has 1 aliphatic heterocycles. The summed E-state index contributed by atoms with van der Waals surface area (Å²) < 4.78 is 5.00. The lowest BCUT2D eigenvalue weighted by Gasteiger charge is -2.34. The Morgan fingerprint density at radius 3 is 3.04 bits per heavy atom. The van der Waals surface area contributed by atoms with Gasteiger partial charge in [0.05, 0.1) is 17.1 Å². The van der Waals surface area contributed by atoms with Crippen molar-refractivity contribution in [2.75, 3.05) is 11.9 Å². The number of likely N-dealkylation sites (tertiary alicyclic amines) is 1. The Bertz CT molecular complexity index is 836. The van der Waals surface area contributed by atoms with E-state index in [9.17, 15) is 4.79 Å². The number of benzene rings is 1. The van der Waals surface area contributed by atoms with Gasteiger partial charge in [0.25, 0.3) is 0 Å². The van der Waals surface area contributed by atoms with E-state index in [2.05, 4.69) is 20.4 Å². The molecule has 3 aromatic rings. The van der Waals surface area contributed by atoms with Gasteiger partial charge in [-0.25, -0.2) is 9.78 Å². The van der Waals surface area contributed by atoms with Gasteiger partial charge in [0.1, 0.15) is 11.6 Å². The van der Waals surface area contributed by atoms with Crippen LogP contribution < -0.4 is 5.32 Å². The summed E-state index contributed by atoms with van der Waals surface area (Å²) in [5.74, 6) is 1.94. The van der Waals surface area contributed by atoms with E-state index in [-0.39, 0.29) is 12.1 Å². The number of H-pyrrole nitrogens is 1. The van der Waals surface area contributed by atoms with E-state index < -0.39 is 0 Å². The van der Waals surface area contributed by atoms with Gasteiger partial charge in [-0.1, -0.05) is 17.3 Å². The third-order valence-corrected chi connectivity index (χ3v) is 4.35. The third kappa shape index (κ3) is 2.73. The number of aryl methyl sites for hydroxylation is 1. The zero-order chi connectivity index (χ0) is 16.5. The summed E-state index contributed by atoms with van der Waals surface area (Å²) >= 11 is 0. The van der Waals surface area contributed by atoms with Crippen LogP contribution in [0.2, 0.25) is 0 Å². The van der Waals surface area contributed by atoms with Gasteiger partial charge in [0, 0.05) is 12.6 Å². The largest absolute Gasteiger partial charge is 0.360 e. The fourth-order valence-corrected chi connectivity index (χ4v) is 3.20. The minimum atomic E-state index is -0.173. The summed E-state index contributed by atoms with van der Waals surface area (Å²) in [7, 11) is 0. The molecule has 4 rings (SSSR count). The minimum absolute atomic E-state index is 0.0563. The van der Waals surface area contributed by atoms with Gasteiger partial charge in [-0.2, -0.15) is 0 Å². The van der Waals surface area contributed by atoms with Crippen molar-refractivity contribution in [2.45, 2.75) is 32.2 Å². The molecule has 124 valence electrons. The number of amides is 2. The molecule has 1 saturated heterocycles. The van der Waals surface area contributed by atoms with Crippen LogP contribution in [0.25, 0.3) is 11.0 Å². The molecule has 0 spiro atoms. The van der Waals surface area contributed by atoms with Crippen LogP contribution in [-0.4, -0.2) is 32.6 Å². The number of aromatic nitrogens is 3. The Kier molecular flexibility index (Phi) is 3.68. The average Bonchev–Trinajstić information content (AvgIpc) is 3.20. The number of fused-ring (bicyclic) bond motifs is 1. The van der Waals surface area contributed by atoms with Crippen molar-refractivity contribution in [3.05, 3.63) is 41.9 Å². The summed E-state index contributed by atoms with van der Waals surface area (Å²) in [5.41, 5.74) is 1.91. The molecule has 0 saturated carbocycles. The highest BCUT2D eigenvalue weighted by Gasteiger charge is 2.30. The summed E-state index contributed by atoms with van der Waals surface area (Å²) in [5, 5.41) is 6.63. The predicted molar refractivity (Wildman–Crippen MR) is 89.7 cm³/mol. The van der Waals surface area contributed by atoms with Crippen LogP contribution in [-0.2, 0) is 0 Å². The van der Waals surface area contributed by atoms with Gasteiger partial charge >= 0.3 is 6.03 Å². The number of piperidine rings is 1. The lowest BCUT2D eigenvalue weighted by atomic mass is 10.0. The number of anilines is 1. The molecule has 3 heterocycles. The third-order valence-electron chi connectivity index (χ3n) is 4.35. The van der Waals surface area contributed by atoms with Crippen molar-refractivity contribution < 1.29 is 9.32 Å². The maximum absolute atomic E-state index is 12.7. The maximum Gasteiger partial charge on any atom is 0.323 e. The fraction of sp³-hybridized carbons (Fsp3) is 0.353. The second-order valence-electron chi connectivity index (χ2n) is 6.10. The molecular weight excluding hydrogens is 306 g/mol. The van der Waals surface area contributed by atoms with E-state index in [0.717, 1.165) is 36.1 Å². The number of urea groups is 1. The van der Waals surface area contributed by atoms with Crippen LogP contribution >= 0.6 is 0 Å². The van der Waals surface area contributed by atoms with Gasteiger partial charge in [-0.3, -0.25) is 5.32 Å². The molecule has 0 bridgehead atoms.